The quantitative estimate of drug-likeness (QED) is 0.769. The topological polar surface area (TPSA) is 36.0 Å². The average Bonchev–Trinajstić information content (AvgIpc) is 2.86. The standard InChI is InChI=1S/C19H31N4OP/c1-20-18-10-6-7-11-19(18)21(2)25(20,24)23-14-12-22(13-15-23)16-17-8-4-3-5-9-17/h3-5,8-9,18-19H,6-7,10-16H2,1-2H3/t18-,19-/m1/s1. The van der Waals surface area contributed by atoms with Gasteiger partial charge in [-0.3, -0.25) is 4.90 Å². The molecule has 0 amide bonds. The molecule has 0 aromatic heterocycles. The predicted octanol–water partition coefficient (Wildman–Crippen LogP) is 2.03. The van der Waals surface area contributed by atoms with Crippen LogP contribution in [0.25, 0.3) is 0 Å². The summed E-state index contributed by atoms with van der Waals surface area (Å²) in [6, 6.07) is 11.6. The van der Waals surface area contributed by atoms with Crippen molar-refractivity contribution in [2.24, 2.45) is 0 Å². The highest BCUT2D eigenvalue weighted by Gasteiger charge is 2.59. The summed E-state index contributed by atoms with van der Waals surface area (Å²) < 4.78 is 6.76. The van der Waals surface area contributed by atoms with Gasteiger partial charge >= 0.3 is 0 Å². The second kappa shape index (κ2) is 7.22. The van der Waals surface area contributed by atoms with E-state index in [1.54, 1.807) is 0 Å². The molecule has 2 atom stereocenters. The maximum Gasteiger partial charge on any atom is 0.185 e. The zero-order valence-electron chi connectivity index (χ0n) is 15.5. The number of benzene rings is 1. The van der Waals surface area contributed by atoms with Gasteiger partial charge in [0.2, 0.25) is 0 Å². The molecule has 25 heavy (non-hydrogen) atoms. The number of likely N-dealkylation sites (N-methyl/N-ethyl adjacent to an activating group) is 2. The van der Waals surface area contributed by atoms with Crippen LogP contribution in [-0.2, 0) is 6.54 Å². The summed E-state index contributed by atoms with van der Waals surface area (Å²) >= 11 is 0. The monoisotopic (exact) mass is 362 g/mol. The molecule has 4 rings (SSSR count). The number of fused-ring (bicyclic) bond motifs is 1. The van der Waals surface area contributed by atoms with E-state index >= 15 is 0 Å². The Labute approximate surface area is 152 Å². The van der Waals surface area contributed by atoms with Crippen molar-refractivity contribution in [2.45, 2.75) is 44.3 Å². The number of piperazine rings is 1. The molecule has 5 nitrogen and oxygen atoms in total. The van der Waals surface area contributed by atoms with Crippen LogP contribution in [0, 0.1) is 0 Å². The van der Waals surface area contributed by atoms with Crippen LogP contribution in [0.15, 0.2) is 30.3 Å². The average molecular weight is 362 g/mol. The molecule has 3 aliphatic rings. The zero-order valence-corrected chi connectivity index (χ0v) is 16.4. The molecule has 0 bridgehead atoms. The molecule has 0 spiro atoms. The van der Waals surface area contributed by atoms with Crippen molar-refractivity contribution in [1.82, 2.24) is 18.9 Å². The summed E-state index contributed by atoms with van der Waals surface area (Å²) in [4.78, 5) is 16.5. The molecule has 1 aromatic carbocycles. The number of hydrogen-bond donors (Lipinski definition) is 0. The molecular formula is C19H31N4OP. The van der Waals surface area contributed by atoms with E-state index in [9.17, 15) is 4.89 Å². The van der Waals surface area contributed by atoms with Gasteiger partial charge in [0.25, 0.3) is 0 Å². The first-order valence-electron chi connectivity index (χ1n) is 9.69. The van der Waals surface area contributed by atoms with E-state index in [-0.39, 0.29) is 0 Å². The maximum absolute atomic E-state index is 14.0. The van der Waals surface area contributed by atoms with E-state index in [4.69, 9.17) is 0 Å². The van der Waals surface area contributed by atoms with Crippen LogP contribution in [0.5, 0.6) is 0 Å². The molecule has 1 saturated carbocycles. The van der Waals surface area contributed by atoms with E-state index < -0.39 is 7.94 Å². The highest BCUT2D eigenvalue weighted by Crippen LogP contribution is 2.67. The van der Waals surface area contributed by atoms with Crippen molar-refractivity contribution in [3.63, 3.8) is 0 Å². The van der Waals surface area contributed by atoms with Gasteiger partial charge in [-0.15, -0.1) is 4.67 Å². The Hall–Kier alpha value is -0.550. The van der Waals surface area contributed by atoms with Crippen LogP contribution >= 0.6 is 7.94 Å². The zero-order chi connectivity index (χ0) is 17.4. The van der Waals surface area contributed by atoms with Crippen LogP contribution in [-0.4, -0.2) is 71.3 Å². The number of hydrogen-bond acceptors (Lipinski definition) is 5. The molecule has 138 valence electrons. The fourth-order valence-electron chi connectivity index (χ4n) is 4.97. The van der Waals surface area contributed by atoms with Crippen molar-refractivity contribution in [1.29, 1.82) is 0 Å². The highest BCUT2D eigenvalue weighted by molar-refractivity contribution is 7.62. The number of rotatable bonds is 3. The second-order valence-corrected chi connectivity index (χ2v) is 10.6. The van der Waals surface area contributed by atoms with Gasteiger partial charge in [0.05, 0.1) is 12.1 Å². The largest absolute Gasteiger partial charge is 0.636 e. The molecule has 1 aliphatic carbocycles. The van der Waals surface area contributed by atoms with Gasteiger partial charge in [0, 0.05) is 46.8 Å². The van der Waals surface area contributed by atoms with Crippen molar-refractivity contribution in [3.05, 3.63) is 35.9 Å². The SMILES string of the molecule is CN1[C@@H]2CCCC[C@H]2N(C)[P+]1([O-])N1CCN(Cc2ccccc2)CC1. The lowest BCUT2D eigenvalue weighted by atomic mass is 9.91. The summed E-state index contributed by atoms with van der Waals surface area (Å²) in [6.07, 6.45) is 4.96. The third-order valence-electron chi connectivity index (χ3n) is 6.44. The Kier molecular flexibility index (Phi) is 5.16. The minimum absolute atomic E-state index is 0.479. The first kappa shape index (κ1) is 17.8. The maximum atomic E-state index is 14.0. The van der Waals surface area contributed by atoms with E-state index in [2.05, 4.69) is 63.3 Å². The molecule has 1 aromatic rings. The second-order valence-electron chi connectivity index (χ2n) is 7.80. The van der Waals surface area contributed by atoms with Gasteiger partial charge in [0.1, 0.15) is 0 Å². The van der Waals surface area contributed by atoms with E-state index in [1.807, 2.05) is 0 Å². The summed E-state index contributed by atoms with van der Waals surface area (Å²) in [5, 5.41) is 0. The lowest BCUT2D eigenvalue weighted by Gasteiger charge is -2.47. The lowest BCUT2D eigenvalue weighted by Crippen LogP contribution is -2.52. The van der Waals surface area contributed by atoms with Gasteiger partial charge in [-0.2, -0.15) is 9.34 Å². The Balaban J connectivity index is 1.41. The molecule has 0 radical (unpaired) electrons. The Bertz CT molecular complexity index is 560. The van der Waals surface area contributed by atoms with Gasteiger partial charge in [-0.1, -0.05) is 43.2 Å². The minimum Gasteiger partial charge on any atom is -0.636 e. The lowest BCUT2D eigenvalue weighted by molar-refractivity contribution is -0.204. The van der Waals surface area contributed by atoms with Crippen molar-refractivity contribution >= 4 is 7.94 Å². The van der Waals surface area contributed by atoms with Crippen LogP contribution in [0.2, 0.25) is 0 Å². The minimum atomic E-state index is -2.57. The summed E-state index contributed by atoms with van der Waals surface area (Å²) in [6.45, 7) is 4.79. The summed E-state index contributed by atoms with van der Waals surface area (Å²) in [7, 11) is 1.63. The van der Waals surface area contributed by atoms with Gasteiger partial charge in [0.15, 0.2) is 7.94 Å². The smallest absolute Gasteiger partial charge is 0.185 e. The molecule has 0 unspecified atom stereocenters. The van der Waals surface area contributed by atoms with E-state index in [1.165, 1.54) is 31.2 Å². The fourth-order valence-corrected chi connectivity index (χ4v) is 8.22. The predicted molar refractivity (Wildman–Crippen MR) is 102 cm³/mol. The van der Waals surface area contributed by atoms with E-state index in [0.29, 0.717) is 12.1 Å². The molecule has 2 heterocycles. The molecule has 0 N–H and O–H groups in total. The van der Waals surface area contributed by atoms with Crippen molar-refractivity contribution in [3.8, 4) is 0 Å². The third-order valence-corrected chi connectivity index (χ3v) is 9.82. The van der Waals surface area contributed by atoms with Gasteiger partial charge < -0.3 is 4.89 Å². The van der Waals surface area contributed by atoms with Gasteiger partial charge in [-0.05, 0) is 18.4 Å². The highest BCUT2D eigenvalue weighted by atomic mass is 31.2. The van der Waals surface area contributed by atoms with Crippen LogP contribution in [0.1, 0.15) is 31.2 Å². The Morgan fingerprint density at radius 2 is 1.48 bits per heavy atom. The fraction of sp³-hybridized carbons (Fsp3) is 0.684. The third kappa shape index (κ3) is 3.16. The van der Waals surface area contributed by atoms with Crippen LogP contribution in [0.4, 0.5) is 0 Å². The number of nitrogens with zero attached hydrogens (tertiary/aromatic N) is 4. The van der Waals surface area contributed by atoms with Gasteiger partial charge in [-0.25, -0.2) is 0 Å². The molecule has 3 fully saturated rings. The first-order chi connectivity index (χ1) is 12.1. The first-order valence-corrected chi connectivity index (χ1v) is 11.3. The van der Waals surface area contributed by atoms with Crippen molar-refractivity contribution < 1.29 is 4.89 Å². The normalized spacial score (nSPS) is 32.0. The molecule has 2 saturated heterocycles. The van der Waals surface area contributed by atoms with E-state index in [0.717, 1.165) is 32.7 Å². The summed E-state index contributed by atoms with van der Waals surface area (Å²) in [5.74, 6) is 0. The summed E-state index contributed by atoms with van der Waals surface area (Å²) in [5.41, 5.74) is 1.36. The Morgan fingerprint density at radius 3 is 2.04 bits per heavy atom. The Morgan fingerprint density at radius 1 is 0.920 bits per heavy atom. The van der Waals surface area contributed by atoms with Crippen LogP contribution in [0.3, 0.4) is 0 Å². The molecular weight excluding hydrogens is 331 g/mol. The van der Waals surface area contributed by atoms with Crippen LogP contribution < -0.4 is 4.89 Å². The van der Waals surface area contributed by atoms with Crippen molar-refractivity contribution in [2.75, 3.05) is 40.3 Å². The molecule has 6 heteroatoms. The molecule has 2 aliphatic heterocycles.